The molecule has 3 aromatic carbocycles. The zero-order valence-corrected chi connectivity index (χ0v) is 73.6. The van der Waals surface area contributed by atoms with Gasteiger partial charge in [0.05, 0.1) is 43.9 Å². The quantitative estimate of drug-likeness (QED) is 0.0359. The SMILES string of the molecule is CCCC[C@H]1C(=O)N(C)[C@@H](CCCC)C(=O)NC2(CC2)C(=O)N[C@H](C(=O)NCC(N)=O)CSCC(=O)N[C@@H](Cc2ccccc2)C(=O)N(C)[C@@H](C)C(=O)N[C@@H](CC(N)=O)C(=O)N2CCC[C@H]2C(=O)N[C@@H](Cc2c[nH]cn2)C(=O)N[C@@H](CCC(C)C)C(=O)NCC(=O)N[C@@H](Cc2c[nH]c3ccccc23)C(=O)N[C@@H](CO)C(=O)N[C@@H](Cc2c[nH]c3ccccc23)C(=O)N1C. The van der Waals surface area contributed by atoms with E-state index in [0.717, 1.165) is 21.6 Å². The summed E-state index contributed by atoms with van der Waals surface area (Å²) in [7, 11) is 4.04. The van der Waals surface area contributed by atoms with E-state index >= 15 is 9.59 Å². The number of aliphatic hydroxyl groups excluding tert-OH is 1. The summed E-state index contributed by atoms with van der Waals surface area (Å²) >= 11 is 0.837. The number of aromatic amines is 3. The number of thioether (sulfide) groups is 1. The predicted molar refractivity (Wildman–Crippen MR) is 469 cm³/mol. The third kappa shape index (κ3) is 27.1. The first-order valence-corrected chi connectivity index (χ1v) is 44.1. The minimum atomic E-state index is -1.83. The van der Waals surface area contributed by atoms with E-state index in [0.29, 0.717) is 70.6 Å². The molecule has 0 bridgehead atoms. The third-order valence-corrected chi connectivity index (χ3v) is 24.1. The van der Waals surface area contributed by atoms with Crippen LogP contribution in [0.15, 0.2) is 104 Å². The summed E-state index contributed by atoms with van der Waals surface area (Å²) in [6, 6.07) is 4.96. The molecule has 1 saturated carbocycles. The Balaban J connectivity index is 1.05. The highest BCUT2D eigenvalue weighted by molar-refractivity contribution is 8.00. The molecule has 1 spiro atoms. The van der Waals surface area contributed by atoms with Crippen molar-refractivity contribution < 1.29 is 86.6 Å². The van der Waals surface area contributed by atoms with E-state index in [-0.39, 0.29) is 94.5 Å². The molecule has 3 aliphatic rings. The monoisotopic (exact) mass is 1780 g/mol. The summed E-state index contributed by atoms with van der Waals surface area (Å²) in [5, 5.41) is 41.6. The van der Waals surface area contributed by atoms with E-state index < -0.39 is 210 Å². The van der Waals surface area contributed by atoms with Crippen molar-refractivity contribution in [3.8, 4) is 0 Å². The first-order valence-electron chi connectivity index (χ1n) is 42.9. The van der Waals surface area contributed by atoms with E-state index in [4.69, 9.17) is 11.5 Å². The Morgan fingerprint density at radius 1 is 0.567 bits per heavy atom. The van der Waals surface area contributed by atoms with Crippen molar-refractivity contribution in [2.45, 2.75) is 222 Å². The number of nitrogens with two attached hydrogens (primary N) is 2. The number of fused-ring (bicyclic) bond motifs is 3. The van der Waals surface area contributed by atoms with Crippen LogP contribution in [-0.4, -0.2) is 282 Å². The van der Waals surface area contributed by atoms with Crippen LogP contribution in [0, 0.1) is 5.92 Å². The van der Waals surface area contributed by atoms with Crippen molar-refractivity contribution in [3.63, 3.8) is 0 Å². The van der Waals surface area contributed by atoms with Crippen molar-refractivity contribution >= 4 is 134 Å². The molecule has 5 heterocycles. The number of benzene rings is 3. The number of aromatic nitrogens is 4. The topological polar surface area (TPSA) is 568 Å². The summed E-state index contributed by atoms with van der Waals surface area (Å²) in [4.78, 5) is 264. The average Bonchev–Trinajstić information content (AvgIpc) is 1.62. The van der Waals surface area contributed by atoms with Gasteiger partial charge < -0.3 is 110 Å². The molecular weight excluding hydrogens is 1660 g/mol. The molecule has 1 aliphatic carbocycles. The van der Waals surface area contributed by atoms with Crippen molar-refractivity contribution in [3.05, 3.63) is 126 Å². The number of likely N-dealkylation sites (N-methyl/N-ethyl adjacent to an activating group) is 3. The van der Waals surface area contributed by atoms with Crippen LogP contribution in [0.4, 0.5) is 0 Å². The number of amides is 17. The first-order chi connectivity index (χ1) is 60.6. The number of unbranched alkanes of at least 4 members (excludes halogenated alkanes) is 2. The molecule has 0 radical (unpaired) electrons. The van der Waals surface area contributed by atoms with Crippen molar-refractivity contribution in [2.24, 2.45) is 17.4 Å². The molecule has 2 saturated heterocycles. The van der Waals surface area contributed by atoms with Crippen LogP contribution >= 0.6 is 11.8 Å². The lowest BCUT2D eigenvalue weighted by molar-refractivity contribution is -0.149. The molecule has 686 valence electrons. The molecule has 2 aliphatic heterocycles. The van der Waals surface area contributed by atoms with E-state index in [2.05, 4.69) is 78.4 Å². The van der Waals surface area contributed by atoms with Crippen LogP contribution in [-0.2, 0) is 107 Å². The van der Waals surface area contributed by atoms with Crippen molar-refractivity contribution in [1.29, 1.82) is 0 Å². The number of H-pyrrole nitrogens is 3. The Morgan fingerprint density at radius 3 is 1.72 bits per heavy atom. The highest BCUT2D eigenvalue weighted by Gasteiger charge is 2.53. The number of imidazole rings is 1. The van der Waals surface area contributed by atoms with Gasteiger partial charge in [-0.3, -0.25) is 81.5 Å². The highest BCUT2D eigenvalue weighted by atomic mass is 32.2. The van der Waals surface area contributed by atoms with Gasteiger partial charge >= 0.3 is 0 Å². The lowest BCUT2D eigenvalue weighted by Gasteiger charge is -2.36. The van der Waals surface area contributed by atoms with Gasteiger partial charge in [0.15, 0.2) is 0 Å². The zero-order valence-electron chi connectivity index (χ0n) is 72.8. The number of primary amides is 2. The summed E-state index contributed by atoms with van der Waals surface area (Å²) in [6.07, 6.45) is 7.09. The molecule has 6 aromatic rings. The second kappa shape index (κ2) is 46.5. The Bertz CT molecular complexity index is 4920. The van der Waals surface area contributed by atoms with Gasteiger partial charge in [-0.15, -0.1) is 11.8 Å². The minimum Gasteiger partial charge on any atom is -0.394 e. The predicted octanol–water partition coefficient (Wildman–Crippen LogP) is -1.19. The summed E-state index contributed by atoms with van der Waals surface area (Å²) in [5.74, 6) is -15.9. The van der Waals surface area contributed by atoms with Gasteiger partial charge in [-0.25, -0.2) is 4.98 Å². The van der Waals surface area contributed by atoms with Gasteiger partial charge in [0.25, 0.3) is 0 Å². The molecule has 9 rings (SSSR count). The number of para-hydroxylation sites is 2. The van der Waals surface area contributed by atoms with Crippen LogP contribution < -0.4 is 70.0 Å². The maximum Gasteiger partial charge on any atom is 0.246 e. The molecule has 3 aromatic heterocycles. The Kier molecular flexibility index (Phi) is 35.9. The molecule has 17 amide bonds. The van der Waals surface area contributed by atoms with Crippen molar-refractivity contribution in [2.75, 3.05) is 58.9 Å². The highest BCUT2D eigenvalue weighted by Crippen LogP contribution is 2.37. The molecule has 0 unspecified atom stereocenters. The van der Waals surface area contributed by atoms with Gasteiger partial charge in [0, 0.05) is 99.5 Å². The van der Waals surface area contributed by atoms with Crippen molar-refractivity contribution in [1.82, 2.24) is 98.0 Å². The van der Waals surface area contributed by atoms with Crippen LogP contribution in [0.25, 0.3) is 21.8 Å². The second-order valence-electron chi connectivity index (χ2n) is 33.0. The van der Waals surface area contributed by atoms with Gasteiger partial charge in [0.2, 0.25) is 100 Å². The van der Waals surface area contributed by atoms with E-state index in [1.54, 1.807) is 91.3 Å². The molecule has 3 fully saturated rings. The lowest BCUT2D eigenvalue weighted by atomic mass is 10.00. The third-order valence-electron chi connectivity index (χ3n) is 23.1. The average molecular weight is 1780 g/mol. The van der Waals surface area contributed by atoms with Gasteiger partial charge in [-0.1, -0.05) is 120 Å². The molecule has 40 heteroatoms. The maximum atomic E-state index is 15.6. The van der Waals surface area contributed by atoms with Gasteiger partial charge in [0.1, 0.15) is 78.0 Å². The Hall–Kier alpha value is -12.8. The number of aliphatic hydroxyl groups is 1. The number of rotatable bonds is 23. The van der Waals surface area contributed by atoms with Crippen LogP contribution in [0.1, 0.15) is 140 Å². The smallest absolute Gasteiger partial charge is 0.246 e. The van der Waals surface area contributed by atoms with E-state index in [1.807, 2.05) is 27.7 Å². The summed E-state index contributed by atoms with van der Waals surface area (Å²) in [5.41, 5.74) is 12.7. The maximum absolute atomic E-state index is 15.6. The number of hydrogen-bond acceptors (Lipinski definition) is 20. The molecule has 12 atom stereocenters. The number of nitrogens with zero attached hydrogens (tertiary/aromatic N) is 5. The van der Waals surface area contributed by atoms with Gasteiger partial charge in [-0.2, -0.15) is 0 Å². The molecule has 127 heavy (non-hydrogen) atoms. The minimum absolute atomic E-state index is 0.00367. The Morgan fingerprint density at radius 2 is 1.12 bits per heavy atom. The van der Waals surface area contributed by atoms with Crippen LogP contribution in [0.3, 0.4) is 0 Å². The largest absolute Gasteiger partial charge is 0.394 e. The zero-order chi connectivity index (χ0) is 92.3. The van der Waals surface area contributed by atoms with Crippen LogP contribution in [0.5, 0.6) is 0 Å². The fourth-order valence-electron chi connectivity index (χ4n) is 15.4. The number of nitrogens with one attached hydrogen (secondary N) is 14. The standard InChI is InChI=1S/C87H119N21O18S/c1-9-11-27-67-81(121)104-87(32-33-87)86(126)103-66(76(116)93-43-71(89)111)46-127-47-73(113)97-62(35-51-21-14-13-15-22-51)82(122)105(6)50(5)74(114)100-64(39-70(88)110)84(124)108-34-20-29-68(108)80(120)99-61(38-54-42-90-48-95-54)78(118)98-59(31-30-49(3)4)75(115)94-44-72(112)96-60(36-52-40-91-57-25-18-16-23-55(52)57)77(117)102-65(45-109)79(119)101-63(37-53-41-92-58-26-19-17-24-56(53)58)83(123)107(8)69(28-12-10-2)85(125)106(67)7/h13-19,21-26,40-42,48-50,59-69,91-92,109H,9-12,20,27-39,43-47H2,1-8H3,(H2,88,110)(H2,89,111)(H,90,95)(H,93,116)(H,94,115)(H,96,112)(H,97,113)(H,98,118)(H,99,120)(H,100,114)(H,101,119)(H,102,117)(H,103,126)(H,104,121)/t50-,59-,60-,61-,62-,63-,64-,65-,66-,67-,68-,69-/m0/s1. The number of carbonyl (C=O) groups is 17. The van der Waals surface area contributed by atoms with E-state index in [9.17, 15) is 77.0 Å². The van der Waals surface area contributed by atoms with Gasteiger partial charge in [-0.05, 0) is 93.0 Å². The summed E-state index contributed by atoms with van der Waals surface area (Å²) < 4.78 is 0. The number of carbonyl (C=O) groups excluding carboxylic acids is 17. The fraction of sp³-hybridized carbons (Fsp3) is 0.517. The summed E-state index contributed by atoms with van der Waals surface area (Å²) in [6.45, 7) is 6.20. The molecule has 19 N–H and O–H groups in total. The second-order valence-corrected chi connectivity index (χ2v) is 34.0. The Labute approximate surface area is 739 Å². The van der Waals surface area contributed by atoms with Crippen LogP contribution in [0.2, 0.25) is 0 Å². The first kappa shape index (κ1) is 98.0. The molecular formula is C87H119N21O18S. The fourth-order valence-corrected chi connectivity index (χ4v) is 16.3. The van der Waals surface area contributed by atoms with E-state index in [1.165, 1.54) is 50.4 Å². The lowest BCUT2D eigenvalue weighted by Crippen LogP contribution is -2.61. The normalized spacial score (nSPS) is 24.1. The number of hydrogen-bond donors (Lipinski definition) is 17. The molecule has 39 nitrogen and oxygen atoms in total.